The first-order chi connectivity index (χ1) is 11.7. The molecule has 24 heavy (non-hydrogen) atoms. The number of aryl methyl sites for hydroxylation is 1. The van der Waals surface area contributed by atoms with Crippen molar-refractivity contribution in [1.29, 1.82) is 0 Å². The number of benzene rings is 2. The molecule has 4 rings (SSSR count). The zero-order valence-corrected chi connectivity index (χ0v) is 14.5. The van der Waals surface area contributed by atoms with Gasteiger partial charge in [0.2, 0.25) is 0 Å². The van der Waals surface area contributed by atoms with Crippen molar-refractivity contribution in [2.24, 2.45) is 0 Å². The predicted octanol–water partition coefficient (Wildman–Crippen LogP) is 4.84. The maximum absolute atomic E-state index is 5.41. The van der Waals surface area contributed by atoms with Gasteiger partial charge in [-0.1, -0.05) is 12.1 Å². The van der Waals surface area contributed by atoms with Crippen molar-refractivity contribution >= 4 is 32.5 Å². The summed E-state index contributed by atoms with van der Waals surface area (Å²) in [5.74, 6) is 1.40. The molecular formula is C19H16N2O2S. The van der Waals surface area contributed by atoms with E-state index in [0.717, 1.165) is 37.9 Å². The molecule has 2 aromatic heterocycles. The fourth-order valence-electron chi connectivity index (χ4n) is 2.95. The molecule has 0 bridgehead atoms. The zero-order chi connectivity index (χ0) is 16.7. The van der Waals surface area contributed by atoms with Crippen LogP contribution in [0.25, 0.3) is 32.4 Å². The Balaban J connectivity index is 1.99. The highest BCUT2D eigenvalue weighted by atomic mass is 32.1. The van der Waals surface area contributed by atoms with Crippen LogP contribution in [0.4, 0.5) is 0 Å². The monoisotopic (exact) mass is 336 g/mol. The summed E-state index contributed by atoms with van der Waals surface area (Å²) >= 11 is 1.64. The third kappa shape index (κ3) is 2.29. The highest BCUT2D eigenvalue weighted by Gasteiger charge is 2.13. The van der Waals surface area contributed by atoms with Crippen LogP contribution >= 0.6 is 11.3 Å². The second kappa shape index (κ2) is 5.76. The summed E-state index contributed by atoms with van der Waals surface area (Å²) < 4.78 is 12.0. The van der Waals surface area contributed by atoms with Crippen LogP contribution < -0.4 is 9.47 Å². The molecule has 120 valence electrons. The number of thiazole rings is 1. The first-order valence-electron chi connectivity index (χ1n) is 7.57. The van der Waals surface area contributed by atoms with Gasteiger partial charge in [0.05, 0.1) is 41.2 Å². The Kier molecular flexibility index (Phi) is 3.58. The van der Waals surface area contributed by atoms with E-state index >= 15 is 0 Å². The summed E-state index contributed by atoms with van der Waals surface area (Å²) in [6.07, 6.45) is 0. The molecular weight excluding hydrogens is 320 g/mol. The summed E-state index contributed by atoms with van der Waals surface area (Å²) in [5.41, 5.74) is 6.97. The van der Waals surface area contributed by atoms with Crippen LogP contribution in [0.1, 0.15) is 5.56 Å². The summed E-state index contributed by atoms with van der Waals surface area (Å²) in [7, 11) is 3.28. The highest BCUT2D eigenvalue weighted by Crippen LogP contribution is 2.36. The lowest BCUT2D eigenvalue weighted by molar-refractivity contribution is 0.356. The molecule has 0 amide bonds. The molecule has 5 heteroatoms. The first-order valence-corrected chi connectivity index (χ1v) is 8.45. The van der Waals surface area contributed by atoms with Gasteiger partial charge in [-0.2, -0.15) is 0 Å². The number of fused-ring (bicyclic) bond motifs is 2. The van der Waals surface area contributed by atoms with Crippen molar-refractivity contribution in [3.63, 3.8) is 0 Å². The molecule has 0 spiro atoms. The summed E-state index contributed by atoms with van der Waals surface area (Å²) in [5, 5.41) is 1.06. The van der Waals surface area contributed by atoms with E-state index in [0.29, 0.717) is 11.5 Å². The molecule has 2 heterocycles. The molecule has 0 atom stereocenters. The second-order valence-electron chi connectivity index (χ2n) is 5.55. The van der Waals surface area contributed by atoms with Gasteiger partial charge in [0.25, 0.3) is 0 Å². The van der Waals surface area contributed by atoms with E-state index in [1.165, 1.54) is 0 Å². The minimum Gasteiger partial charge on any atom is -0.493 e. The van der Waals surface area contributed by atoms with Crippen LogP contribution in [-0.2, 0) is 0 Å². The summed E-state index contributed by atoms with van der Waals surface area (Å²) in [4.78, 5) is 9.26. The molecule has 0 aliphatic heterocycles. The minimum atomic E-state index is 0.685. The van der Waals surface area contributed by atoms with Gasteiger partial charge in [-0.05, 0) is 30.7 Å². The lowest BCUT2D eigenvalue weighted by atomic mass is 10.0. The topological polar surface area (TPSA) is 44.2 Å². The number of rotatable bonds is 3. The summed E-state index contributed by atoms with van der Waals surface area (Å²) in [6.45, 7) is 2.09. The van der Waals surface area contributed by atoms with Crippen LogP contribution in [0.5, 0.6) is 11.5 Å². The molecule has 4 aromatic rings. The first kappa shape index (κ1) is 14.9. The maximum Gasteiger partial charge on any atom is 0.162 e. The molecule has 0 N–H and O–H groups in total. The largest absolute Gasteiger partial charge is 0.493 e. The van der Waals surface area contributed by atoms with Gasteiger partial charge in [-0.15, -0.1) is 11.3 Å². The van der Waals surface area contributed by atoms with Crippen LogP contribution in [-0.4, -0.2) is 24.2 Å². The van der Waals surface area contributed by atoms with Crippen molar-refractivity contribution in [2.45, 2.75) is 6.92 Å². The second-order valence-corrected chi connectivity index (χ2v) is 6.41. The van der Waals surface area contributed by atoms with E-state index in [-0.39, 0.29) is 0 Å². The van der Waals surface area contributed by atoms with Gasteiger partial charge in [-0.25, -0.2) is 9.97 Å². The number of hydrogen-bond donors (Lipinski definition) is 0. The van der Waals surface area contributed by atoms with Gasteiger partial charge in [-0.3, -0.25) is 0 Å². The van der Waals surface area contributed by atoms with E-state index < -0.39 is 0 Å². The smallest absolute Gasteiger partial charge is 0.162 e. The average Bonchev–Trinajstić information content (AvgIpc) is 3.09. The molecule has 0 unspecified atom stereocenters. The zero-order valence-electron chi connectivity index (χ0n) is 13.7. The van der Waals surface area contributed by atoms with E-state index in [1.54, 1.807) is 25.6 Å². The van der Waals surface area contributed by atoms with Crippen LogP contribution in [0, 0.1) is 6.92 Å². The predicted molar refractivity (Wildman–Crippen MR) is 98.2 cm³/mol. The van der Waals surface area contributed by atoms with Gasteiger partial charge in [0.15, 0.2) is 11.5 Å². The molecule has 0 fully saturated rings. The quantitative estimate of drug-likeness (QED) is 0.537. The minimum absolute atomic E-state index is 0.685. The standard InChI is InChI=1S/C19H16N2O2S/c1-11-7-15(12-5-4-6-14-19(12)24-10-20-14)21-16-9-18(23-3)17(22-2)8-13(11)16/h4-10H,1-3H3. The Hall–Kier alpha value is -2.66. The lowest BCUT2D eigenvalue weighted by Gasteiger charge is -2.12. The molecule has 0 radical (unpaired) electrons. The van der Waals surface area contributed by atoms with E-state index in [1.807, 2.05) is 29.8 Å². The van der Waals surface area contributed by atoms with Crippen LogP contribution in [0.15, 0.2) is 41.9 Å². The van der Waals surface area contributed by atoms with Crippen molar-refractivity contribution in [1.82, 2.24) is 9.97 Å². The number of aromatic nitrogens is 2. The van der Waals surface area contributed by atoms with Crippen molar-refractivity contribution in [3.05, 3.63) is 47.5 Å². The molecule has 2 aromatic carbocycles. The fraction of sp³-hybridized carbons (Fsp3) is 0.158. The number of hydrogen-bond acceptors (Lipinski definition) is 5. The van der Waals surface area contributed by atoms with Crippen LogP contribution in [0.3, 0.4) is 0 Å². The lowest BCUT2D eigenvalue weighted by Crippen LogP contribution is -1.94. The molecule has 0 aliphatic rings. The molecule has 4 nitrogen and oxygen atoms in total. The average molecular weight is 336 g/mol. The Morgan fingerprint density at radius 1 is 0.958 bits per heavy atom. The van der Waals surface area contributed by atoms with Crippen molar-refractivity contribution in [3.8, 4) is 22.8 Å². The Bertz CT molecular complexity index is 1060. The third-order valence-electron chi connectivity index (χ3n) is 4.15. The molecule has 0 saturated heterocycles. The number of methoxy groups -OCH3 is 2. The van der Waals surface area contributed by atoms with Crippen molar-refractivity contribution in [2.75, 3.05) is 14.2 Å². The van der Waals surface area contributed by atoms with E-state index in [2.05, 4.69) is 24.0 Å². The Morgan fingerprint density at radius 3 is 2.54 bits per heavy atom. The molecule has 0 aliphatic carbocycles. The van der Waals surface area contributed by atoms with E-state index in [9.17, 15) is 0 Å². The van der Waals surface area contributed by atoms with E-state index in [4.69, 9.17) is 14.5 Å². The SMILES string of the molecule is COc1cc2nc(-c3cccc4ncsc34)cc(C)c2cc1OC. The van der Waals surface area contributed by atoms with Gasteiger partial charge in [0.1, 0.15) is 0 Å². The number of ether oxygens (including phenoxy) is 2. The Labute approximate surface area is 143 Å². The normalized spacial score (nSPS) is 11.1. The molecule has 0 saturated carbocycles. The number of nitrogens with zero attached hydrogens (tertiary/aromatic N) is 2. The number of pyridine rings is 1. The fourth-order valence-corrected chi connectivity index (χ4v) is 3.76. The Morgan fingerprint density at radius 2 is 1.75 bits per heavy atom. The summed E-state index contributed by atoms with van der Waals surface area (Å²) in [6, 6.07) is 12.2. The van der Waals surface area contributed by atoms with Crippen molar-refractivity contribution < 1.29 is 9.47 Å². The van der Waals surface area contributed by atoms with Gasteiger partial charge < -0.3 is 9.47 Å². The van der Waals surface area contributed by atoms with Crippen LogP contribution in [0.2, 0.25) is 0 Å². The third-order valence-corrected chi connectivity index (χ3v) is 5.03. The van der Waals surface area contributed by atoms with Gasteiger partial charge >= 0.3 is 0 Å². The highest BCUT2D eigenvalue weighted by molar-refractivity contribution is 7.17. The maximum atomic E-state index is 5.41. The van der Waals surface area contributed by atoms with Gasteiger partial charge in [0, 0.05) is 17.0 Å².